The Balaban J connectivity index is 2.45. The number of nitrogens with zero attached hydrogens (tertiary/aromatic N) is 1. The molecule has 2 aromatic rings. The molecule has 214 valence electrons. The zero-order valence-corrected chi connectivity index (χ0v) is 24.0. The Hall–Kier alpha value is -3.59. The van der Waals surface area contributed by atoms with E-state index in [1.165, 1.54) is 4.90 Å². The zero-order chi connectivity index (χ0) is 29.0. The van der Waals surface area contributed by atoms with Crippen LogP contribution in [-0.4, -0.2) is 59.8 Å². The van der Waals surface area contributed by atoms with Crippen molar-refractivity contribution in [2.24, 2.45) is 0 Å². The first-order valence-corrected chi connectivity index (χ1v) is 13.4. The summed E-state index contributed by atoms with van der Waals surface area (Å²) in [4.78, 5) is 41.6. The normalized spacial score (nSPS) is 12.7. The molecule has 0 fully saturated rings. The first-order chi connectivity index (χ1) is 18.5. The largest absolute Gasteiger partial charge is 0.497 e. The van der Waals surface area contributed by atoms with E-state index in [-0.39, 0.29) is 6.54 Å². The first-order valence-electron chi connectivity index (χ1n) is 13.4. The summed E-state index contributed by atoms with van der Waals surface area (Å²) in [6.45, 7) is 8.77. The number of hydrogen-bond acceptors (Lipinski definition) is 6. The maximum absolute atomic E-state index is 13.9. The van der Waals surface area contributed by atoms with E-state index in [1.54, 1.807) is 52.1 Å². The fourth-order valence-corrected chi connectivity index (χ4v) is 4.02. The second kappa shape index (κ2) is 15.1. The van der Waals surface area contributed by atoms with Crippen molar-refractivity contribution in [3.05, 3.63) is 59.7 Å². The van der Waals surface area contributed by atoms with Gasteiger partial charge < -0.3 is 30.1 Å². The summed E-state index contributed by atoms with van der Waals surface area (Å²) in [5, 5.41) is 15.5. The third kappa shape index (κ3) is 10.2. The summed E-state index contributed by atoms with van der Waals surface area (Å²) >= 11 is 0. The number of carbonyl (C=O) groups is 3. The maximum atomic E-state index is 13.9. The van der Waals surface area contributed by atoms with Crippen molar-refractivity contribution in [3.8, 4) is 5.75 Å². The van der Waals surface area contributed by atoms with Crippen LogP contribution in [0.2, 0.25) is 0 Å². The van der Waals surface area contributed by atoms with Crippen LogP contribution in [0.1, 0.15) is 70.5 Å². The molecule has 0 spiro atoms. The average Bonchev–Trinajstić information content (AvgIpc) is 2.89. The molecule has 9 heteroatoms. The number of benzene rings is 2. The Morgan fingerprint density at radius 1 is 0.974 bits per heavy atom. The molecule has 0 aliphatic carbocycles. The number of ether oxygens (including phenoxy) is 2. The third-order valence-electron chi connectivity index (χ3n) is 6.02. The lowest BCUT2D eigenvalue weighted by atomic mass is 10.0. The van der Waals surface area contributed by atoms with Gasteiger partial charge in [-0.15, -0.1) is 0 Å². The van der Waals surface area contributed by atoms with Crippen molar-refractivity contribution in [3.63, 3.8) is 0 Å². The SMILES string of the molecule is CCCCCCN(C(=O)C(CO)NC(=O)OC(C)(C)C)C(C(=O)Nc1ccc(OC)cc1)c1ccc(C)cc1. The van der Waals surface area contributed by atoms with Gasteiger partial charge in [0.15, 0.2) is 0 Å². The van der Waals surface area contributed by atoms with Gasteiger partial charge >= 0.3 is 6.09 Å². The monoisotopic (exact) mass is 541 g/mol. The summed E-state index contributed by atoms with van der Waals surface area (Å²) in [6, 6.07) is 12.0. The molecule has 0 aliphatic heterocycles. The molecule has 0 aromatic heterocycles. The highest BCUT2D eigenvalue weighted by Crippen LogP contribution is 2.26. The Bertz CT molecular complexity index is 1060. The van der Waals surface area contributed by atoms with E-state index in [0.29, 0.717) is 23.4 Å². The van der Waals surface area contributed by atoms with Gasteiger partial charge in [-0.05, 0) is 63.9 Å². The van der Waals surface area contributed by atoms with E-state index in [9.17, 15) is 19.5 Å². The molecule has 2 atom stereocenters. The number of alkyl carbamates (subject to hydrolysis) is 1. The van der Waals surface area contributed by atoms with Crippen LogP contribution >= 0.6 is 0 Å². The van der Waals surface area contributed by atoms with Gasteiger partial charge in [0, 0.05) is 12.2 Å². The van der Waals surface area contributed by atoms with Crippen molar-refractivity contribution in [2.45, 2.75) is 78.0 Å². The first kappa shape index (κ1) is 31.6. The van der Waals surface area contributed by atoms with E-state index in [4.69, 9.17) is 9.47 Å². The second-order valence-corrected chi connectivity index (χ2v) is 10.5. The predicted octanol–water partition coefficient (Wildman–Crippen LogP) is 4.98. The van der Waals surface area contributed by atoms with Gasteiger partial charge in [0.25, 0.3) is 5.91 Å². The van der Waals surface area contributed by atoms with Gasteiger partial charge in [-0.1, -0.05) is 56.0 Å². The van der Waals surface area contributed by atoms with Crippen LogP contribution in [0.15, 0.2) is 48.5 Å². The minimum atomic E-state index is -1.28. The van der Waals surface area contributed by atoms with Crippen LogP contribution < -0.4 is 15.4 Å². The van der Waals surface area contributed by atoms with Gasteiger partial charge in [0.1, 0.15) is 23.4 Å². The summed E-state index contributed by atoms with van der Waals surface area (Å²) in [7, 11) is 1.56. The van der Waals surface area contributed by atoms with Crippen molar-refractivity contribution in [2.75, 3.05) is 25.6 Å². The molecule has 0 bridgehead atoms. The number of rotatable bonds is 13. The Kier molecular flexibility index (Phi) is 12.3. The lowest BCUT2D eigenvalue weighted by molar-refractivity contribution is -0.141. The number of hydrogen-bond donors (Lipinski definition) is 3. The molecule has 2 rings (SSSR count). The minimum Gasteiger partial charge on any atom is -0.497 e. The van der Waals surface area contributed by atoms with Crippen LogP contribution in [0.25, 0.3) is 0 Å². The van der Waals surface area contributed by atoms with Crippen LogP contribution in [0, 0.1) is 6.92 Å². The van der Waals surface area contributed by atoms with E-state index in [1.807, 2.05) is 31.2 Å². The molecule has 0 aliphatic rings. The third-order valence-corrected chi connectivity index (χ3v) is 6.02. The Morgan fingerprint density at radius 2 is 1.62 bits per heavy atom. The lowest BCUT2D eigenvalue weighted by Crippen LogP contribution is -2.54. The number of aryl methyl sites for hydroxylation is 1. The molecule has 9 nitrogen and oxygen atoms in total. The minimum absolute atomic E-state index is 0.264. The molecule has 2 unspecified atom stereocenters. The molecular weight excluding hydrogens is 498 g/mol. The number of anilines is 1. The number of methoxy groups -OCH3 is 1. The van der Waals surface area contributed by atoms with Crippen molar-refractivity contribution >= 4 is 23.6 Å². The van der Waals surface area contributed by atoms with Crippen molar-refractivity contribution < 1.29 is 29.0 Å². The molecule has 3 N–H and O–H groups in total. The smallest absolute Gasteiger partial charge is 0.408 e. The standard InChI is InChI=1S/C30H43N3O6/c1-7-8-9-10-19-33(28(36)25(20-34)32-29(37)39-30(3,4)5)26(22-13-11-21(2)12-14-22)27(35)31-23-15-17-24(38-6)18-16-23/h11-18,25-26,34H,7-10,19-20H2,1-6H3,(H,31,35)(H,32,37). The molecule has 0 radical (unpaired) electrons. The molecule has 39 heavy (non-hydrogen) atoms. The van der Waals surface area contributed by atoms with Gasteiger partial charge in [0.05, 0.1) is 13.7 Å². The number of carbonyl (C=O) groups excluding carboxylic acids is 3. The van der Waals surface area contributed by atoms with Gasteiger partial charge in [-0.2, -0.15) is 0 Å². The van der Waals surface area contributed by atoms with E-state index in [0.717, 1.165) is 24.8 Å². The van der Waals surface area contributed by atoms with E-state index in [2.05, 4.69) is 17.6 Å². The van der Waals surface area contributed by atoms with E-state index < -0.39 is 42.2 Å². The topological polar surface area (TPSA) is 117 Å². The number of unbranched alkanes of at least 4 members (excludes halogenated alkanes) is 3. The summed E-state index contributed by atoms with van der Waals surface area (Å²) in [5.74, 6) is -0.341. The quantitative estimate of drug-likeness (QED) is 0.308. The number of amides is 3. The highest BCUT2D eigenvalue weighted by atomic mass is 16.6. The van der Waals surface area contributed by atoms with Crippen LogP contribution in [0.4, 0.5) is 10.5 Å². The molecule has 2 aromatic carbocycles. The highest BCUT2D eigenvalue weighted by molar-refractivity contribution is 5.99. The van der Waals surface area contributed by atoms with Gasteiger partial charge in [-0.3, -0.25) is 9.59 Å². The van der Waals surface area contributed by atoms with Gasteiger partial charge in [-0.25, -0.2) is 4.79 Å². The highest BCUT2D eigenvalue weighted by Gasteiger charge is 2.36. The van der Waals surface area contributed by atoms with Crippen LogP contribution in [-0.2, 0) is 14.3 Å². The molecule has 3 amide bonds. The van der Waals surface area contributed by atoms with Crippen LogP contribution in [0.5, 0.6) is 5.75 Å². The summed E-state index contributed by atoms with van der Waals surface area (Å²) in [6.07, 6.45) is 2.68. The van der Waals surface area contributed by atoms with Crippen molar-refractivity contribution in [1.29, 1.82) is 0 Å². The van der Waals surface area contributed by atoms with Crippen molar-refractivity contribution in [1.82, 2.24) is 10.2 Å². The van der Waals surface area contributed by atoms with Crippen LogP contribution in [0.3, 0.4) is 0 Å². The fraction of sp³-hybridized carbons (Fsp3) is 0.500. The summed E-state index contributed by atoms with van der Waals surface area (Å²) < 4.78 is 10.5. The number of nitrogens with one attached hydrogen (secondary N) is 2. The zero-order valence-electron chi connectivity index (χ0n) is 24.0. The molecular formula is C30H43N3O6. The summed E-state index contributed by atoms with van der Waals surface area (Å²) in [5.41, 5.74) is 1.38. The Labute approximate surface area is 231 Å². The lowest BCUT2D eigenvalue weighted by Gasteiger charge is -2.34. The second-order valence-electron chi connectivity index (χ2n) is 10.5. The molecule has 0 heterocycles. The van der Waals surface area contributed by atoms with Gasteiger partial charge in [0.2, 0.25) is 5.91 Å². The van der Waals surface area contributed by atoms with E-state index >= 15 is 0 Å². The Morgan fingerprint density at radius 3 is 2.15 bits per heavy atom. The molecule has 0 saturated heterocycles. The molecule has 0 saturated carbocycles. The average molecular weight is 542 g/mol. The number of aliphatic hydroxyl groups is 1. The fourth-order valence-electron chi connectivity index (χ4n) is 4.02. The maximum Gasteiger partial charge on any atom is 0.408 e. The number of aliphatic hydroxyl groups excluding tert-OH is 1. The predicted molar refractivity (Wildman–Crippen MR) is 152 cm³/mol.